The normalized spacial score (nSPS) is 10.7. The highest BCUT2D eigenvalue weighted by Crippen LogP contribution is 2.46. The molecule has 0 atom stereocenters. The monoisotopic (exact) mass is 194 g/mol. The fourth-order valence-electron chi connectivity index (χ4n) is 0.946. The van der Waals surface area contributed by atoms with Gasteiger partial charge in [0.25, 0.3) is 0 Å². The third-order valence-electron chi connectivity index (χ3n) is 1.70. The van der Waals surface area contributed by atoms with E-state index < -0.39 is 6.04 Å². The van der Waals surface area contributed by atoms with Crippen molar-refractivity contribution < 1.29 is 0 Å². The highest BCUT2D eigenvalue weighted by molar-refractivity contribution is 8.21. The smallest absolute Gasteiger partial charge is 0.0229 e. The van der Waals surface area contributed by atoms with Crippen molar-refractivity contribution in [3.05, 3.63) is 55.1 Å². The Kier molecular flexibility index (Phi) is 3.02. The van der Waals surface area contributed by atoms with Crippen LogP contribution in [0.1, 0.15) is 0 Å². The van der Waals surface area contributed by atoms with Gasteiger partial charge in [0.1, 0.15) is 0 Å². The number of hydrogen-bond donors (Lipinski definition) is 0. The van der Waals surface area contributed by atoms with Crippen LogP contribution < -0.4 is 5.30 Å². The molecule has 0 N–H and O–H groups in total. The van der Waals surface area contributed by atoms with E-state index in [0.29, 0.717) is 0 Å². The molecule has 0 fully saturated rings. The summed E-state index contributed by atoms with van der Waals surface area (Å²) in [6.07, 6.45) is 0. The Bertz CT molecular complexity index is 315. The summed E-state index contributed by atoms with van der Waals surface area (Å²) in [6.45, 7) is 7.51. The maximum Gasteiger partial charge on any atom is 0.0229 e. The zero-order valence-electron chi connectivity index (χ0n) is 6.81. The van der Waals surface area contributed by atoms with Crippen molar-refractivity contribution in [2.45, 2.75) is 0 Å². The number of hydrogen-bond acceptors (Lipinski definition) is 1. The van der Waals surface area contributed by atoms with Crippen LogP contribution in [0.4, 0.5) is 0 Å². The van der Waals surface area contributed by atoms with Crippen LogP contribution in [0.25, 0.3) is 0 Å². The third-order valence-corrected chi connectivity index (χ3v) is 5.42. The van der Waals surface area contributed by atoms with Crippen molar-refractivity contribution in [1.29, 1.82) is 0 Å². The lowest BCUT2D eigenvalue weighted by Gasteiger charge is -2.11. The largest absolute Gasteiger partial charge is 0.0973 e. The van der Waals surface area contributed by atoms with Crippen LogP contribution in [-0.2, 0) is 11.8 Å². The standard InChI is InChI=1S/C10H11PS/c1-3-11(12,4-2)10-8-6-5-7-9-10/h3-9H,1-2H2. The minimum absolute atomic E-state index is 1.16. The van der Waals surface area contributed by atoms with Gasteiger partial charge in [-0.1, -0.05) is 66.9 Å². The number of rotatable bonds is 3. The quantitative estimate of drug-likeness (QED) is 0.666. The highest BCUT2D eigenvalue weighted by Gasteiger charge is 2.08. The Balaban J connectivity index is 3.21. The van der Waals surface area contributed by atoms with Gasteiger partial charge in [0.05, 0.1) is 0 Å². The van der Waals surface area contributed by atoms with Crippen molar-refractivity contribution >= 4 is 23.1 Å². The molecule has 0 aromatic heterocycles. The van der Waals surface area contributed by atoms with Crippen LogP contribution in [0.2, 0.25) is 0 Å². The van der Waals surface area contributed by atoms with Crippen LogP contribution in [0, 0.1) is 0 Å². The topological polar surface area (TPSA) is 0 Å². The molecule has 0 heterocycles. The van der Waals surface area contributed by atoms with Crippen LogP contribution in [0.5, 0.6) is 0 Å². The first-order valence-corrected chi connectivity index (χ1v) is 6.59. The molecule has 0 spiro atoms. The Labute approximate surface area is 78.6 Å². The summed E-state index contributed by atoms with van der Waals surface area (Å²) in [5.41, 5.74) is 0. The van der Waals surface area contributed by atoms with E-state index in [9.17, 15) is 0 Å². The summed E-state index contributed by atoms with van der Waals surface area (Å²) in [5.74, 6) is 3.68. The molecule has 62 valence electrons. The molecular formula is C10H11PS. The second-order valence-corrected chi connectivity index (χ2v) is 6.89. The molecule has 0 bridgehead atoms. The molecule has 0 saturated heterocycles. The molecule has 1 rings (SSSR count). The van der Waals surface area contributed by atoms with Crippen LogP contribution in [0.15, 0.2) is 55.1 Å². The lowest BCUT2D eigenvalue weighted by atomic mass is 10.4. The van der Waals surface area contributed by atoms with Crippen molar-refractivity contribution in [2.24, 2.45) is 0 Å². The van der Waals surface area contributed by atoms with Crippen molar-refractivity contribution in [1.82, 2.24) is 0 Å². The van der Waals surface area contributed by atoms with Gasteiger partial charge in [-0.05, 0) is 5.30 Å². The van der Waals surface area contributed by atoms with Crippen LogP contribution in [-0.4, -0.2) is 0 Å². The van der Waals surface area contributed by atoms with E-state index in [2.05, 4.69) is 13.2 Å². The molecule has 0 aliphatic heterocycles. The molecule has 0 unspecified atom stereocenters. The summed E-state index contributed by atoms with van der Waals surface area (Å²) in [5, 5.41) is 1.16. The Morgan fingerprint density at radius 3 is 2.00 bits per heavy atom. The van der Waals surface area contributed by atoms with Gasteiger partial charge in [-0.15, -0.1) is 0 Å². The molecule has 1 aromatic rings. The van der Waals surface area contributed by atoms with E-state index in [0.717, 1.165) is 5.30 Å². The first-order valence-electron chi connectivity index (χ1n) is 3.65. The lowest BCUT2D eigenvalue weighted by molar-refractivity contribution is 1.77. The van der Waals surface area contributed by atoms with Gasteiger partial charge in [-0.3, -0.25) is 0 Å². The molecule has 0 amide bonds. The summed E-state index contributed by atoms with van der Waals surface area (Å²) in [4.78, 5) is 0. The number of benzene rings is 1. The molecule has 0 aliphatic carbocycles. The third kappa shape index (κ3) is 1.74. The minimum atomic E-state index is -1.67. The predicted octanol–water partition coefficient (Wildman–Crippen LogP) is 3.08. The highest BCUT2D eigenvalue weighted by atomic mass is 32.4. The van der Waals surface area contributed by atoms with Crippen molar-refractivity contribution in [3.63, 3.8) is 0 Å². The van der Waals surface area contributed by atoms with Gasteiger partial charge in [0.15, 0.2) is 0 Å². The van der Waals surface area contributed by atoms with Gasteiger partial charge >= 0.3 is 0 Å². The Hall–Kier alpha value is -0.650. The Morgan fingerprint density at radius 1 is 1.08 bits per heavy atom. The van der Waals surface area contributed by atoms with Gasteiger partial charge < -0.3 is 0 Å². The average Bonchev–Trinajstić information content (AvgIpc) is 2.18. The second-order valence-electron chi connectivity index (χ2n) is 2.41. The lowest BCUT2D eigenvalue weighted by Crippen LogP contribution is -1.98. The summed E-state index contributed by atoms with van der Waals surface area (Å²) < 4.78 is 0. The molecule has 1 aromatic carbocycles. The van der Waals surface area contributed by atoms with Crippen molar-refractivity contribution in [3.8, 4) is 0 Å². The molecule has 0 saturated carbocycles. The fraction of sp³-hybridized carbons (Fsp3) is 0. The van der Waals surface area contributed by atoms with Gasteiger partial charge in [0.2, 0.25) is 0 Å². The summed E-state index contributed by atoms with van der Waals surface area (Å²) >= 11 is 5.45. The predicted molar refractivity (Wildman–Crippen MR) is 60.8 cm³/mol. The SMILES string of the molecule is C=CP(=S)(C=C)c1ccccc1. The molecule has 0 aliphatic rings. The van der Waals surface area contributed by atoms with E-state index in [4.69, 9.17) is 11.8 Å². The average molecular weight is 194 g/mol. The van der Waals surface area contributed by atoms with Gasteiger partial charge in [0, 0.05) is 6.04 Å². The van der Waals surface area contributed by atoms with Crippen LogP contribution in [0.3, 0.4) is 0 Å². The van der Waals surface area contributed by atoms with E-state index in [1.807, 2.05) is 42.0 Å². The summed E-state index contributed by atoms with van der Waals surface area (Å²) in [7, 11) is 0. The van der Waals surface area contributed by atoms with E-state index in [-0.39, 0.29) is 0 Å². The van der Waals surface area contributed by atoms with Gasteiger partial charge in [-0.25, -0.2) is 0 Å². The Morgan fingerprint density at radius 2 is 1.58 bits per heavy atom. The molecular weight excluding hydrogens is 183 g/mol. The first-order chi connectivity index (χ1) is 5.73. The maximum atomic E-state index is 5.45. The maximum absolute atomic E-state index is 5.45. The zero-order chi connectivity index (χ0) is 9.03. The summed E-state index contributed by atoms with van der Waals surface area (Å²) in [6, 6.07) is 8.35. The van der Waals surface area contributed by atoms with Crippen LogP contribution >= 0.6 is 6.04 Å². The molecule has 12 heavy (non-hydrogen) atoms. The first kappa shape index (κ1) is 9.44. The molecule has 0 nitrogen and oxygen atoms in total. The molecule has 2 heteroatoms. The van der Waals surface area contributed by atoms with E-state index >= 15 is 0 Å². The zero-order valence-corrected chi connectivity index (χ0v) is 8.52. The fourth-order valence-corrected chi connectivity index (χ4v) is 2.52. The van der Waals surface area contributed by atoms with E-state index in [1.165, 1.54) is 0 Å². The molecule has 0 radical (unpaired) electrons. The van der Waals surface area contributed by atoms with E-state index in [1.54, 1.807) is 0 Å². The minimum Gasteiger partial charge on any atom is -0.0973 e. The van der Waals surface area contributed by atoms with Crippen molar-refractivity contribution in [2.75, 3.05) is 0 Å². The second kappa shape index (κ2) is 3.84. The van der Waals surface area contributed by atoms with Gasteiger partial charge in [-0.2, -0.15) is 0 Å².